The van der Waals surface area contributed by atoms with Crippen molar-refractivity contribution in [1.29, 1.82) is 0 Å². The molecule has 1 aliphatic heterocycles. The Balaban J connectivity index is 0.00000289. The molecule has 0 radical (unpaired) electrons. The van der Waals surface area contributed by atoms with E-state index < -0.39 is 11.8 Å². The van der Waals surface area contributed by atoms with Crippen molar-refractivity contribution in [3.05, 3.63) is 82.9 Å². The number of hydrogen-bond acceptors (Lipinski definition) is 6. The van der Waals surface area contributed by atoms with Crippen LogP contribution in [0.3, 0.4) is 0 Å². The van der Waals surface area contributed by atoms with Gasteiger partial charge in [0.05, 0.1) is 30.9 Å². The number of H-pyrrole nitrogens is 1. The molecule has 10 heteroatoms. The first kappa shape index (κ1) is 24.1. The quantitative estimate of drug-likeness (QED) is 0.388. The second-order valence-corrected chi connectivity index (χ2v) is 7.94. The molecule has 180 valence electrons. The maximum atomic E-state index is 13.6. The van der Waals surface area contributed by atoms with Gasteiger partial charge in [-0.3, -0.25) is 15.0 Å². The van der Waals surface area contributed by atoms with Gasteiger partial charge in [-0.05, 0) is 36.8 Å². The number of hydrogen-bond donors (Lipinski definition) is 3. The maximum absolute atomic E-state index is 13.6. The number of ether oxygens (including phenoxy) is 2. The van der Waals surface area contributed by atoms with Gasteiger partial charge in [-0.1, -0.05) is 30.3 Å². The van der Waals surface area contributed by atoms with Gasteiger partial charge in [0.15, 0.2) is 5.72 Å². The summed E-state index contributed by atoms with van der Waals surface area (Å²) in [7, 11) is 2.81. The summed E-state index contributed by atoms with van der Waals surface area (Å²) in [5.74, 6) is 0.441. The second kappa shape index (κ2) is 8.94. The summed E-state index contributed by atoms with van der Waals surface area (Å²) in [6, 6.07) is 17.5. The number of aromatic amines is 1. The molecule has 3 aromatic carbocycles. The highest BCUT2D eigenvalue weighted by Gasteiger charge is 2.51. The monoisotopic (exact) mass is 494 g/mol. The molecular weight excluding hydrogens is 472 g/mol. The first-order valence-corrected chi connectivity index (χ1v) is 10.5. The van der Waals surface area contributed by atoms with E-state index in [0.717, 1.165) is 5.56 Å². The van der Waals surface area contributed by atoms with E-state index in [1.165, 1.54) is 12.0 Å². The third kappa shape index (κ3) is 3.74. The van der Waals surface area contributed by atoms with E-state index in [9.17, 15) is 14.7 Å². The molecule has 1 atom stereocenters. The fraction of sp³-hybridized carbons (Fsp3) is 0.160. The lowest BCUT2D eigenvalue weighted by molar-refractivity contribution is 0.0703. The topological polar surface area (TPSA) is 117 Å². The van der Waals surface area contributed by atoms with Crippen molar-refractivity contribution in [2.75, 3.05) is 24.4 Å². The van der Waals surface area contributed by atoms with Crippen molar-refractivity contribution in [2.24, 2.45) is 0 Å². The van der Waals surface area contributed by atoms with Gasteiger partial charge >= 0.3 is 6.09 Å². The molecule has 0 fully saturated rings. The Morgan fingerprint density at radius 3 is 2.63 bits per heavy atom. The van der Waals surface area contributed by atoms with Crippen LogP contribution in [0, 0.1) is 6.92 Å². The molecular formula is C25H23ClN4O5. The standard InChI is InChI=1S/C25H22N4O5.ClH/c1-14-8-10-16(33-2)13-21(14)29-22(30)17-6-4-5-7-18(17)25(29,32)15-9-11-19-20(12-15)27-23(26-19)28-24(31)34-3;/h4-13,32H,1-3H3,(H2,26,27,28,31);1H. The first-order chi connectivity index (χ1) is 16.4. The zero-order chi connectivity index (χ0) is 24.0. The lowest BCUT2D eigenvalue weighted by Crippen LogP contribution is -2.45. The summed E-state index contributed by atoms with van der Waals surface area (Å²) in [5, 5.41) is 14.8. The summed E-state index contributed by atoms with van der Waals surface area (Å²) >= 11 is 0. The van der Waals surface area contributed by atoms with E-state index in [2.05, 4.69) is 20.0 Å². The molecule has 5 rings (SSSR count). The summed E-state index contributed by atoms with van der Waals surface area (Å²) in [6.45, 7) is 1.87. The van der Waals surface area contributed by atoms with Crippen LogP contribution in [-0.4, -0.2) is 41.3 Å². The Morgan fingerprint density at radius 1 is 1.11 bits per heavy atom. The number of aromatic nitrogens is 2. The van der Waals surface area contributed by atoms with Gasteiger partial charge in [0, 0.05) is 22.8 Å². The van der Waals surface area contributed by atoms with Gasteiger partial charge in [-0.25, -0.2) is 9.78 Å². The molecule has 4 aromatic rings. The predicted octanol–water partition coefficient (Wildman–Crippen LogP) is 4.33. The average molecular weight is 495 g/mol. The molecule has 1 aromatic heterocycles. The van der Waals surface area contributed by atoms with Crippen LogP contribution in [0.2, 0.25) is 0 Å². The van der Waals surface area contributed by atoms with E-state index in [-0.39, 0.29) is 24.3 Å². The molecule has 2 heterocycles. The molecule has 0 aliphatic carbocycles. The highest BCUT2D eigenvalue weighted by molar-refractivity contribution is 6.13. The number of nitrogens with zero attached hydrogens (tertiary/aromatic N) is 2. The van der Waals surface area contributed by atoms with E-state index in [0.29, 0.717) is 39.2 Å². The zero-order valence-corrected chi connectivity index (χ0v) is 20.0. The summed E-state index contributed by atoms with van der Waals surface area (Å²) < 4.78 is 9.99. The van der Waals surface area contributed by atoms with Crippen LogP contribution in [0.4, 0.5) is 16.4 Å². The number of imidazole rings is 1. The van der Waals surface area contributed by atoms with Gasteiger partial charge in [0.2, 0.25) is 5.95 Å². The number of aliphatic hydroxyl groups is 1. The van der Waals surface area contributed by atoms with Crippen LogP contribution in [0.25, 0.3) is 11.0 Å². The Morgan fingerprint density at radius 2 is 1.89 bits per heavy atom. The minimum atomic E-state index is -1.79. The second-order valence-electron chi connectivity index (χ2n) is 7.94. The van der Waals surface area contributed by atoms with Gasteiger partial charge in [0.1, 0.15) is 5.75 Å². The Hall–Kier alpha value is -4.08. The van der Waals surface area contributed by atoms with Crippen molar-refractivity contribution >= 4 is 47.1 Å². The van der Waals surface area contributed by atoms with E-state index in [1.807, 2.05) is 13.0 Å². The molecule has 3 N–H and O–H groups in total. The SMILES string of the molecule is COC(=O)Nc1nc2ccc(C3(O)c4ccccc4C(=O)N3c3cc(OC)ccc3C)cc2[nH]1.Cl. The van der Waals surface area contributed by atoms with Crippen molar-refractivity contribution < 1.29 is 24.2 Å². The molecule has 0 saturated carbocycles. The first-order valence-electron chi connectivity index (χ1n) is 10.5. The normalized spacial score (nSPS) is 16.6. The summed E-state index contributed by atoms with van der Waals surface area (Å²) in [6.07, 6.45) is -0.659. The van der Waals surface area contributed by atoms with Crippen molar-refractivity contribution in [3.8, 4) is 5.75 Å². The molecule has 0 spiro atoms. The molecule has 9 nitrogen and oxygen atoms in total. The highest BCUT2D eigenvalue weighted by atomic mass is 35.5. The average Bonchev–Trinajstić information content (AvgIpc) is 3.35. The Bertz CT molecular complexity index is 1450. The molecule has 0 bridgehead atoms. The lowest BCUT2D eigenvalue weighted by atomic mass is 9.93. The molecule has 35 heavy (non-hydrogen) atoms. The maximum Gasteiger partial charge on any atom is 0.413 e. The third-order valence-electron chi connectivity index (χ3n) is 6.01. The van der Waals surface area contributed by atoms with Gasteiger partial charge in [-0.15, -0.1) is 12.4 Å². The van der Waals surface area contributed by atoms with Crippen LogP contribution < -0.4 is 15.0 Å². The molecule has 2 amide bonds. The van der Waals surface area contributed by atoms with Crippen LogP contribution >= 0.6 is 12.4 Å². The number of carbonyl (C=O) groups is 2. The molecule has 0 saturated heterocycles. The van der Waals surface area contributed by atoms with Crippen LogP contribution in [0.1, 0.15) is 27.0 Å². The molecule has 1 unspecified atom stereocenters. The number of methoxy groups -OCH3 is 2. The van der Waals surface area contributed by atoms with Crippen molar-refractivity contribution in [3.63, 3.8) is 0 Å². The number of fused-ring (bicyclic) bond motifs is 2. The van der Waals surface area contributed by atoms with Crippen molar-refractivity contribution in [2.45, 2.75) is 12.6 Å². The predicted molar refractivity (Wildman–Crippen MR) is 133 cm³/mol. The number of carbonyl (C=O) groups excluding carboxylic acids is 2. The fourth-order valence-electron chi connectivity index (χ4n) is 4.32. The van der Waals surface area contributed by atoms with E-state index >= 15 is 0 Å². The number of aryl methyl sites for hydroxylation is 1. The summed E-state index contributed by atoms with van der Waals surface area (Å²) in [4.78, 5) is 33.9. The Kier molecular flexibility index (Phi) is 6.14. The number of anilines is 2. The highest BCUT2D eigenvalue weighted by Crippen LogP contribution is 2.46. The van der Waals surface area contributed by atoms with Gasteiger partial charge in [-0.2, -0.15) is 0 Å². The van der Waals surface area contributed by atoms with E-state index in [1.54, 1.807) is 61.7 Å². The van der Waals surface area contributed by atoms with Crippen molar-refractivity contribution in [1.82, 2.24) is 9.97 Å². The van der Waals surface area contributed by atoms with Gasteiger partial charge in [0.25, 0.3) is 5.91 Å². The van der Waals surface area contributed by atoms with Gasteiger partial charge < -0.3 is 19.6 Å². The van der Waals surface area contributed by atoms with Crippen LogP contribution in [0.15, 0.2) is 60.7 Å². The largest absolute Gasteiger partial charge is 0.497 e. The summed E-state index contributed by atoms with van der Waals surface area (Å²) in [5.41, 5.74) is 2.00. The number of nitrogens with one attached hydrogen (secondary N) is 2. The zero-order valence-electron chi connectivity index (χ0n) is 19.2. The number of amides is 2. The van der Waals surface area contributed by atoms with E-state index in [4.69, 9.17) is 4.74 Å². The fourth-order valence-corrected chi connectivity index (χ4v) is 4.32. The third-order valence-corrected chi connectivity index (χ3v) is 6.01. The molecule has 1 aliphatic rings. The number of rotatable bonds is 4. The smallest absolute Gasteiger partial charge is 0.413 e. The lowest BCUT2D eigenvalue weighted by Gasteiger charge is -2.35. The minimum absolute atomic E-state index is 0. The number of benzene rings is 3. The Labute approximate surface area is 207 Å². The number of halogens is 1. The van der Waals surface area contributed by atoms with Crippen LogP contribution in [-0.2, 0) is 10.5 Å². The van der Waals surface area contributed by atoms with Crippen LogP contribution in [0.5, 0.6) is 5.75 Å². The minimum Gasteiger partial charge on any atom is -0.497 e.